The van der Waals surface area contributed by atoms with Gasteiger partial charge < -0.3 is 5.73 Å². The van der Waals surface area contributed by atoms with Crippen molar-refractivity contribution in [2.75, 3.05) is 6.54 Å². The van der Waals surface area contributed by atoms with Crippen molar-refractivity contribution in [1.29, 1.82) is 0 Å². The first-order valence-corrected chi connectivity index (χ1v) is 6.02. The molecule has 0 saturated heterocycles. The average Bonchev–Trinajstić information content (AvgIpc) is 2.31. The maximum atomic E-state index is 13.2. The van der Waals surface area contributed by atoms with Gasteiger partial charge in [0.1, 0.15) is 18.0 Å². The monoisotopic (exact) mass is 313 g/mol. The van der Waals surface area contributed by atoms with Crippen molar-refractivity contribution in [3.8, 4) is 0 Å². The largest absolute Gasteiger partial charge is 0.329 e. The number of nitrogens with two attached hydrogens (primary N) is 1. The van der Waals surface area contributed by atoms with Crippen LogP contribution in [0.4, 0.5) is 8.78 Å². The molecule has 2 rings (SSSR count). The normalized spacial score (nSPS) is 12.4. The van der Waals surface area contributed by atoms with Crippen LogP contribution in [0.3, 0.4) is 0 Å². The molecule has 0 aliphatic carbocycles. The van der Waals surface area contributed by atoms with E-state index in [0.717, 1.165) is 6.07 Å². The fraction of sp³-hybridized carbons (Fsp3) is 0.167. The quantitative estimate of drug-likeness (QED) is 0.947. The Kier molecular flexibility index (Phi) is 3.98. The molecule has 1 atom stereocenters. The third-order valence-electron chi connectivity index (χ3n) is 2.55. The van der Waals surface area contributed by atoms with E-state index in [1.54, 1.807) is 6.20 Å². The minimum Gasteiger partial charge on any atom is -0.329 e. The van der Waals surface area contributed by atoms with E-state index in [4.69, 9.17) is 5.73 Å². The van der Waals surface area contributed by atoms with Gasteiger partial charge in [-0.3, -0.25) is 0 Å². The Labute approximate surface area is 111 Å². The topological polar surface area (TPSA) is 51.8 Å². The van der Waals surface area contributed by atoms with Crippen LogP contribution in [0.5, 0.6) is 0 Å². The highest BCUT2D eigenvalue weighted by molar-refractivity contribution is 9.10. The molecule has 2 aromatic rings. The van der Waals surface area contributed by atoms with Gasteiger partial charge in [-0.2, -0.15) is 0 Å². The SMILES string of the molecule is NC[C@@H](c1cc(F)cc(F)c1)c1ncncc1Br. The molecule has 0 saturated carbocycles. The van der Waals surface area contributed by atoms with Crippen molar-refractivity contribution in [2.24, 2.45) is 5.73 Å². The second-order valence-electron chi connectivity index (χ2n) is 3.75. The van der Waals surface area contributed by atoms with E-state index in [2.05, 4.69) is 25.9 Å². The number of benzene rings is 1. The number of aromatic nitrogens is 2. The standard InChI is InChI=1S/C12H10BrF2N3/c13-11-5-17-6-18-12(11)10(4-16)7-1-8(14)3-9(15)2-7/h1-3,5-6,10H,4,16H2/t10-/m0/s1. The number of hydrogen-bond acceptors (Lipinski definition) is 3. The van der Waals surface area contributed by atoms with Crippen LogP contribution < -0.4 is 5.73 Å². The fourth-order valence-electron chi connectivity index (χ4n) is 1.76. The third kappa shape index (κ3) is 2.70. The molecule has 0 aliphatic heterocycles. The summed E-state index contributed by atoms with van der Waals surface area (Å²) in [6, 6.07) is 3.34. The van der Waals surface area contributed by atoms with E-state index in [0.29, 0.717) is 15.7 Å². The molecule has 0 radical (unpaired) electrons. The van der Waals surface area contributed by atoms with E-state index in [9.17, 15) is 8.78 Å². The van der Waals surface area contributed by atoms with Gasteiger partial charge in [0.05, 0.1) is 10.2 Å². The van der Waals surface area contributed by atoms with Gasteiger partial charge in [-0.25, -0.2) is 18.7 Å². The maximum absolute atomic E-state index is 13.2. The molecule has 1 aromatic heterocycles. The summed E-state index contributed by atoms with van der Waals surface area (Å²) >= 11 is 3.30. The van der Waals surface area contributed by atoms with Crippen molar-refractivity contribution < 1.29 is 8.78 Å². The first-order valence-electron chi connectivity index (χ1n) is 5.23. The lowest BCUT2D eigenvalue weighted by Gasteiger charge is -2.16. The predicted molar refractivity (Wildman–Crippen MR) is 67.0 cm³/mol. The Bertz CT molecular complexity index is 543. The summed E-state index contributed by atoms with van der Waals surface area (Å²) in [6.07, 6.45) is 2.94. The second kappa shape index (κ2) is 5.49. The van der Waals surface area contributed by atoms with Gasteiger partial charge in [-0.15, -0.1) is 0 Å². The Hall–Kier alpha value is -1.40. The third-order valence-corrected chi connectivity index (χ3v) is 3.16. The van der Waals surface area contributed by atoms with Gasteiger partial charge in [0.25, 0.3) is 0 Å². The Morgan fingerprint density at radius 2 is 1.89 bits per heavy atom. The zero-order chi connectivity index (χ0) is 13.1. The van der Waals surface area contributed by atoms with Crippen LogP contribution in [0.25, 0.3) is 0 Å². The molecule has 0 amide bonds. The highest BCUT2D eigenvalue weighted by atomic mass is 79.9. The highest BCUT2D eigenvalue weighted by Crippen LogP contribution is 2.28. The summed E-state index contributed by atoms with van der Waals surface area (Å²) in [7, 11) is 0. The van der Waals surface area contributed by atoms with Crippen LogP contribution in [0, 0.1) is 11.6 Å². The lowest BCUT2D eigenvalue weighted by atomic mass is 9.95. The van der Waals surface area contributed by atoms with Crippen molar-refractivity contribution in [3.05, 3.63) is 58.1 Å². The van der Waals surface area contributed by atoms with Crippen molar-refractivity contribution >= 4 is 15.9 Å². The van der Waals surface area contributed by atoms with Crippen molar-refractivity contribution in [1.82, 2.24) is 9.97 Å². The first-order chi connectivity index (χ1) is 8.61. The Morgan fingerprint density at radius 1 is 1.22 bits per heavy atom. The fourth-order valence-corrected chi connectivity index (χ4v) is 2.26. The van der Waals surface area contributed by atoms with E-state index in [-0.39, 0.29) is 12.5 Å². The smallest absolute Gasteiger partial charge is 0.126 e. The molecule has 0 bridgehead atoms. The molecule has 0 unspecified atom stereocenters. The molecule has 6 heteroatoms. The van der Waals surface area contributed by atoms with E-state index in [1.165, 1.54) is 18.5 Å². The molecular formula is C12H10BrF2N3. The van der Waals surface area contributed by atoms with E-state index >= 15 is 0 Å². The first kappa shape index (κ1) is 13.0. The zero-order valence-electron chi connectivity index (χ0n) is 9.28. The van der Waals surface area contributed by atoms with Crippen LogP contribution in [-0.4, -0.2) is 16.5 Å². The lowest BCUT2D eigenvalue weighted by molar-refractivity contribution is 0.576. The molecule has 1 heterocycles. The van der Waals surface area contributed by atoms with Crippen LogP contribution >= 0.6 is 15.9 Å². The number of rotatable bonds is 3. The molecule has 0 spiro atoms. The van der Waals surface area contributed by atoms with E-state index < -0.39 is 11.6 Å². The van der Waals surface area contributed by atoms with Gasteiger partial charge in [-0.1, -0.05) is 0 Å². The van der Waals surface area contributed by atoms with Crippen LogP contribution in [0.15, 0.2) is 35.2 Å². The summed E-state index contributed by atoms with van der Waals surface area (Å²) < 4.78 is 27.1. The molecule has 0 fully saturated rings. The van der Waals surface area contributed by atoms with Gasteiger partial charge >= 0.3 is 0 Å². The lowest BCUT2D eigenvalue weighted by Crippen LogP contribution is -2.16. The van der Waals surface area contributed by atoms with Crippen LogP contribution in [0.1, 0.15) is 17.2 Å². The number of nitrogens with zero attached hydrogens (tertiary/aromatic N) is 2. The molecule has 18 heavy (non-hydrogen) atoms. The van der Waals surface area contributed by atoms with E-state index in [1.807, 2.05) is 0 Å². The van der Waals surface area contributed by atoms with Gasteiger partial charge in [0.2, 0.25) is 0 Å². The molecule has 2 N–H and O–H groups in total. The minimum absolute atomic E-state index is 0.193. The van der Waals surface area contributed by atoms with Crippen molar-refractivity contribution in [2.45, 2.75) is 5.92 Å². The number of halogens is 3. The second-order valence-corrected chi connectivity index (χ2v) is 4.60. The molecule has 3 nitrogen and oxygen atoms in total. The maximum Gasteiger partial charge on any atom is 0.126 e. The zero-order valence-corrected chi connectivity index (χ0v) is 10.9. The van der Waals surface area contributed by atoms with Crippen molar-refractivity contribution in [3.63, 3.8) is 0 Å². The molecular weight excluding hydrogens is 304 g/mol. The molecule has 1 aromatic carbocycles. The average molecular weight is 314 g/mol. The van der Waals surface area contributed by atoms with Gasteiger partial charge in [0, 0.05) is 24.7 Å². The van der Waals surface area contributed by atoms with Gasteiger partial charge in [0.15, 0.2) is 0 Å². The summed E-state index contributed by atoms with van der Waals surface area (Å²) in [6.45, 7) is 0.193. The highest BCUT2D eigenvalue weighted by Gasteiger charge is 2.18. The Balaban J connectivity index is 2.48. The Morgan fingerprint density at radius 3 is 2.44 bits per heavy atom. The van der Waals surface area contributed by atoms with Crippen LogP contribution in [-0.2, 0) is 0 Å². The van der Waals surface area contributed by atoms with Gasteiger partial charge in [-0.05, 0) is 33.6 Å². The summed E-state index contributed by atoms with van der Waals surface area (Å²) in [5.41, 5.74) is 6.74. The summed E-state index contributed by atoms with van der Waals surface area (Å²) in [5, 5.41) is 0. The molecule has 0 aliphatic rings. The number of hydrogen-bond donors (Lipinski definition) is 1. The predicted octanol–water partition coefficient (Wildman–Crippen LogP) is 2.61. The minimum atomic E-state index is -0.631. The van der Waals surface area contributed by atoms with Crippen LogP contribution in [0.2, 0.25) is 0 Å². The molecule has 94 valence electrons. The summed E-state index contributed by atoms with van der Waals surface area (Å²) in [5.74, 6) is -1.64. The summed E-state index contributed by atoms with van der Waals surface area (Å²) in [4.78, 5) is 7.95.